The minimum absolute atomic E-state index is 0.0643. The van der Waals surface area contributed by atoms with Crippen LogP contribution in [0.4, 0.5) is 5.69 Å². The molecule has 2 aromatic rings. The van der Waals surface area contributed by atoms with Gasteiger partial charge < -0.3 is 19.8 Å². The van der Waals surface area contributed by atoms with Crippen LogP contribution in [0.1, 0.15) is 43.9 Å². The molecule has 0 aromatic heterocycles. The van der Waals surface area contributed by atoms with E-state index in [4.69, 9.17) is 0 Å². The van der Waals surface area contributed by atoms with E-state index >= 15 is 0 Å². The molecule has 2 fully saturated rings. The smallest absolute Gasteiger partial charge is 0.251 e. The van der Waals surface area contributed by atoms with Crippen molar-refractivity contribution in [1.29, 1.82) is 0 Å². The summed E-state index contributed by atoms with van der Waals surface area (Å²) in [6.45, 7) is 11.2. The maximum Gasteiger partial charge on any atom is 0.251 e. The second kappa shape index (κ2) is 11.5. The number of aliphatic hydroxyl groups excluding tert-OH is 1. The fraction of sp³-hybridized carbons (Fsp3) is 0.472. The predicted octanol–water partition coefficient (Wildman–Crippen LogP) is 4.90. The molecule has 0 radical (unpaired) electrons. The molecule has 6 rings (SSSR count). The molecule has 0 saturated carbocycles. The summed E-state index contributed by atoms with van der Waals surface area (Å²) < 4.78 is -1.64. The van der Waals surface area contributed by atoms with Crippen LogP contribution in [0.5, 0.6) is 0 Å². The first-order valence-electron chi connectivity index (χ1n) is 15.7. The lowest BCUT2D eigenvalue weighted by atomic mass is 9.74. The van der Waals surface area contributed by atoms with Crippen LogP contribution in [0.3, 0.4) is 0 Å². The number of amides is 3. The fourth-order valence-electron chi connectivity index (χ4n) is 7.90. The number of nitrogens with zero attached hydrogens (tertiary/aromatic N) is 3. The van der Waals surface area contributed by atoms with Gasteiger partial charge in [0.15, 0.2) is 0 Å². The first-order valence-corrected chi connectivity index (χ1v) is 16.5. The van der Waals surface area contributed by atoms with Gasteiger partial charge in [-0.1, -0.05) is 80.6 Å². The van der Waals surface area contributed by atoms with Gasteiger partial charge in [0, 0.05) is 30.1 Å². The normalized spacial score (nSPS) is 30.4. The average Bonchev–Trinajstić information content (AvgIpc) is 3.27. The summed E-state index contributed by atoms with van der Waals surface area (Å²) in [4.78, 5) is 49.7. The molecule has 1 N–H and O–H groups in total. The number of rotatable bonds is 7. The van der Waals surface area contributed by atoms with Crippen molar-refractivity contribution in [3.63, 3.8) is 0 Å². The molecule has 2 aromatic carbocycles. The van der Waals surface area contributed by atoms with E-state index in [1.165, 1.54) is 0 Å². The van der Waals surface area contributed by atoms with E-state index in [9.17, 15) is 19.5 Å². The zero-order valence-corrected chi connectivity index (χ0v) is 27.1. The van der Waals surface area contributed by atoms with Gasteiger partial charge in [-0.15, -0.1) is 11.8 Å². The number of hydrogen-bond donors (Lipinski definition) is 1. The second-order valence-electron chi connectivity index (χ2n) is 13.5. The molecule has 44 heavy (non-hydrogen) atoms. The van der Waals surface area contributed by atoms with Crippen molar-refractivity contribution < 1.29 is 19.5 Å². The van der Waals surface area contributed by atoms with E-state index in [1.807, 2.05) is 86.4 Å². The maximum absolute atomic E-state index is 14.9. The maximum atomic E-state index is 14.9. The van der Waals surface area contributed by atoms with Gasteiger partial charge in [-0.3, -0.25) is 14.4 Å². The first kappa shape index (κ1) is 30.7. The Kier molecular flexibility index (Phi) is 8.03. The summed E-state index contributed by atoms with van der Waals surface area (Å²) in [5.74, 6) is -1.63. The van der Waals surface area contributed by atoms with Crippen LogP contribution in [-0.2, 0) is 20.9 Å². The SMILES string of the molecule is Cc1ccc(C)c(N2CC=C[C@]34S[C@]5(C)C=CCN(Cc6ccccc6)C(=O)[C@@H]5[C@H]3C(=O)N([C@@H](CO)CC(C)C)C4C2=O)c1. The van der Waals surface area contributed by atoms with Crippen LogP contribution >= 0.6 is 11.8 Å². The van der Waals surface area contributed by atoms with Crippen LogP contribution in [-0.4, -0.2) is 73.9 Å². The van der Waals surface area contributed by atoms with Crippen molar-refractivity contribution in [2.45, 2.75) is 69.2 Å². The van der Waals surface area contributed by atoms with Gasteiger partial charge in [0.2, 0.25) is 11.8 Å². The Labute approximate surface area is 265 Å². The van der Waals surface area contributed by atoms with Crippen LogP contribution < -0.4 is 4.90 Å². The van der Waals surface area contributed by atoms with Crippen molar-refractivity contribution in [3.8, 4) is 0 Å². The highest BCUT2D eigenvalue weighted by molar-refractivity contribution is 8.02. The third kappa shape index (κ3) is 4.91. The van der Waals surface area contributed by atoms with Crippen LogP contribution in [0.25, 0.3) is 0 Å². The van der Waals surface area contributed by atoms with Gasteiger partial charge >= 0.3 is 0 Å². The van der Waals surface area contributed by atoms with Crippen molar-refractivity contribution in [3.05, 3.63) is 89.5 Å². The Balaban J connectivity index is 1.48. The van der Waals surface area contributed by atoms with Gasteiger partial charge in [-0.25, -0.2) is 0 Å². The van der Waals surface area contributed by atoms with Crippen LogP contribution in [0, 0.1) is 31.6 Å². The number of likely N-dealkylation sites (tertiary alicyclic amines) is 1. The van der Waals surface area contributed by atoms with Gasteiger partial charge in [0.1, 0.15) is 6.04 Å². The Morgan fingerprint density at radius 1 is 0.932 bits per heavy atom. The third-order valence-corrected chi connectivity index (χ3v) is 11.6. The molecule has 7 nitrogen and oxygen atoms in total. The minimum Gasteiger partial charge on any atom is -0.394 e. The lowest BCUT2D eigenvalue weighted by Gasteiger charge is -2.40. The third-order valence-electron chi connectivity index (χ3n) is 9.80. The number of aliphatic hydroxyl groups is 1. The largest absolute Gasteiger partial charge is 0.394 e. The Bertz CT molecular complexity index is 1520. The minimum atomic E-state index is -0.958. The molecule has 4 aliphatic heterocycles. The summed E-state index contributed by atoms with van der Waals surface area (Å²) in [6.07, 6.45) is 8.76. The number of carbonyl (C=O) groups is 3. The summed E-state index contributed by atoms with van der Waals surface area (Å²) in [7, 11) is 0. The quantitative estimate of drug-likeness (QED) is 0.450. The van der Waals surface area contributed by atoms with E-state index < -0.39 is 33.4 Å². The van der Waals surface area contributed by atoms with Gasteiger partial charge in [0.05, 0.1) is 29.2 Å². The lowest BCUT2D eigenvalue weighted by Crippen LogP contribution is -2.57. The monoisotopic (exact) mass is 613 g/mol. The molecule has 1 spiro atoms. The number of aryl methyl sites for hydroxylation is 2. The highest BCUT2D eigenvalue weighted by Crippen LogP contribution is 2.66. The summed E-state index contributed by atoms with van der Waals surface area (Å²) >= 11 is 1.59. The zero-order valence-electron chi connectivity index (χ0n) is 26.3. The molecule has 3 amide bonds. The topological polar surface area (TPSA) is 81.2 Å². The molecule has 232 valence electrons. The number of fused-ring (bicyclic) bond motifs is 2. The summed E-state index contributed by atoms with van der Waals surface area (Å²) in [5.41, 5.74) is 3.88. The standard InChI is InChI=1S/C36H43N3O4S/c1-23(2)19-27(22-40)39-31-34(43)38(28-20-24(3)13-14-25(28)4)18-10-16-36(31)30(33(39)42)29-32(41)37(17-9-15-35(29,5)44-36)21-26-11-7-6-8-12-26/h6-16,20,23,27,29-31,40H,17-19,21-22H2,1-5H3/t27-,29+,30+,31?,35-,36+/m1/s1. The number of hydrogen-bond acceptors (Lipinski definition) is 5. The number of anilines is 1. The molecular weight excluding hydrogens is 570 g/mol. The first-order chi connectivity index (χ1) is 21.0. The van der Waals surface area contributed by atoms with E-state index in [0.717, 1.165) is 22.4 Å². The van der Waals surface area contributed by atoms with E-state index in [-0.39, 0.29) is 30.2 Å². The highest BCUT2D eigenvalue weighted by atomic mass is 32.2. The van der Waals surface area contributed by atoms with Crippen molar-refractivity contribution >= 4 is 35.2 Å². The molecule has 0 aliphatic carbocycles. The molecule has 0 bridgehead atoms. The zero-order chi connectivity index (χ0) is 31.4. The molecular formula is C36H43N3O4S. The highest BCUT2D eigenvalue weighted by Gasteiger charge is 2.74. The van der Waals surface area contributed by atoms with Crippen LogP contribution in [0.2, 0.25) is 0 Å². The van der Waals surface area contributed by atoms with Gasteiger partial charge in [0.25, 0.3) is 5.91 Å². The average molecular weight is 614 g/mol. The summed E-state index contributed by atoms with van der Waals surface area (Å²) in [5, 5.41) is 10.7. The molecule has 6 atom stereocenters. The van der Waals surface area contributed by atoms with E-state index in [1.54, 1.807) is 21.6 Å². The van der Waals surface area contributed by atoms with Crippen molar-refractivity contribution in [2.75, 3.05) is 24.6 Å². The van der Waals surface area contributed by atoms with Gasteiger partial charge in [-0.2, -0.15) is 0 Å². The van der Waals surface area contributed by atoms with Crippen LogP contribution in [0.15, 0.2) is 72.8 Å². The molecule has 1 unspecified atom stereocenters. The van der Waals surface area contributed by atoms with Crippen molar-refractivity contribution in [2.24, 2.45) is 17.8 Å². The predicted molar refractivity (Wildman–Crippen MR) is 175 cm³/mol. The molecule has 8 heteroatoms. The van der Waals surface area contributed by atoms with Crippen molar-refractivity contribution in [1.82, 2.24) is 9.80 Å². The van der Waals surface area contributed by atoms with E-state index in [0.29, 0.717) is 26.1 Å². The molecule has 2 saturated heterocycles. The lowest BCUT2D eigenvalue weighted by molar-refractivity contribution is -0.145. The Hall–Kier alpha value is -3.36. The molecule has 4 heterocycles. The number of benzene rings is 2. The Morgan fingerprint density at radius 2 is 1.66 bits per heavy atom. The van der Waals surface area contributed by atoms with Gasteiger partial charge in [-0.05, 0) is 55.9 Å². The Morgan fingerprint density at radius 3 is 2.36 bits per heavy atom. The molecule has 4 aliphatic rings. The summed E-state index contributed by atoms with van der Waals surface area (Å²) in [6, 6.07) is 14.6. The second-order valence-corrected chi connectivity index (χ2v) is 15.2. The number of carbonyl (C=O) groups excluding carboxylic acids is 3. The fourth-order valence-corrected chi connectivity index (χ4v) is 10.0. The number of thioether (sulfide) groups is 1. The van der Waals surface area contributed by atoms with E-state index in [2.05, 4.69) is 26.0 Å².